The molecule has 0 fully saturated rings. The van der Waals surface area contributed by atoms with Gasteiger partial charge in [0.25, 0.3) is 0 Å². The number of aromatic nitrogens is 6. The quantitative estimate of drug-likeness (QED) is 0.581. The lowest BCUT2D eigenvalue weighted by molar-refractivity contribution is 0.690. The second-order valence-electron chi connectivity index (χ2n) is 5.99. The molecule has 0 aliphatic heterocycles. The van der Waals surface area contributed by atoms with E-state index in [1.807, 2.05) is 54.5 Å². The summed E-state index contributed by atoms with van der Waals surface area (Å²) in [6, 6.07) is 9.88. The molecular formula is C19H19N7. The fourth-order valence-corrected chi connectivity index (χ4v) is 2.86. The maximum Gasteiger partial charge on any atom is 0.153 e. The van der Waals surface area contributed by atoms with Gasteiger partial charge in [-0.05, 0) is 35.9 Å². The van der Waals surface area contributed by atoms with Crippen molar-refractivity contribution in [3.8, 4) is 17.1 Å². The van der Waals surface area contributed by atoms with Crippen LogP contribution >= 0.6 is 0 Å². The van der Waals surface area contributed by atoms with E-state index < -0.39 is 0 Å². The van der Waals surface area contributed by atoms with Gasteiger partial charge in [0.05, 0.1) is 5.69 Å². The fourth-order valence-electron chi connectivity index (χ4n) is 2.86. The van der Waals surface area contributed by atoms with Gasteiger partial charge < -0.3 is 5.32 Å². The van der Waals surface area contributed by atoms with Crippen molar-refractivity contribution < 1.29 is 0 Å². The number of hydrogen-bond donors (Lipinski definition) is 1. The molecule has 0 bridgehead atoms. The molecule has 0 saturated heterocycles. The fraction of sp³-hybridized carbons (Fsp3) is 0.158. The van der Waals surface area contributed by atoms with Crippen LogP contribution < -0.4 is 5.32 Å². The largest absolute Gasteiger partial charge is 0.308 e. The van der Waals surface area contributed by atoms with Crippen molar-refractivity contribution in [2.24, 2.45) is 7.05 Å². The Labute approximate surface area is 151 Å². The summed E-state index contributed by atoms with van der Waals surface area (Å²) < 4.78 is 3.60. The monoisotopic (exact) mass is 345 g/mol. The molecule has 130 valence electrons. The Morgan fingerprint density at radius 1 is 1.04 bits per heavy atom. The predicted octanol–water partition coefficient (Wildman–Crippen LogP) is 2.35. The number of hydrogen-bond acceptors (Lipinski definition) is 5. The van der Waals surface area contributed by atoms with Gasteiger partial charge in [-0.25, -0.2) is 9.67 Å². The molecule has 4 aromatic heterocycles. The maximum absolute atomic E-state index is 4.58. The Morgan fingerprint density at radius 3 is 2.73 bits per heavy atom. The summed E-state index contributed by atoms with van der Waals surface area (Å²) in [5.41, 5.74) is 4.36. The van der Waals surface area contributed by atoms with Crippen LogP contribution in [0.4, 0.5) is 0 Å². The number of aryl methyl sites for hydroxylation is 1. The number of pyridine rings is 2. The topological polar surface area (TPSA) is 73.5 Å². The van der Waals surface area contributed by atoms with Crippen LogP contribution in [0.15, 0.2) is 67.5 Å². The molecule has 0 spiro atoms. The molecule has 0 aliphatic carbocycles. The molecule has 0 atom stereocenters. The molecule has 0 aromatic carbocycles. The Bertz CT molecular complexity index is 974. The van der Waals surface area contributed by atoms with Crippen molar-refractivity contribution >= 4 is 0 Å². The van der Waals surface area contributed by atoms with Crippen LogP contribution in [-0.2, 0) is 20.1 Å². The Balaban J connectivity index is 1.45. The van der Waals surface area contributed by atoms with Gasteiger partial charge in [-0.3, -0.25) is 9.67 Å². The maximum atomic E-state index is 4.58. The molecule has 7 heteroatoms. The highest BCUT2D eigenvalue weighted by Crippen LogP contribution is 2.21. The Kier molecular flexibility index (Phi) is 4.53. The molecule has 7 nitrogen and oxygen atoms in total. The van der Waals surface area contributed by atoms with Crippen LogP contribution in [0, 0.1) is 0 Å². The third-order valence-electron chi connectivity index (χ3n) is 4.05. The SMILES string of the molecule is Cn1cc(CNCc2ccnc(-n3cccn3)c2)c(-c2ccncc2)n1. The van der Waals surface area contributed by atoms with Crippen molar-refractivity contribution in [3.05, 3.63) is 78.6 Å². The van der Waals surface area contributed by atoms with Gasteiger partial charge in [0, 0.05) is 68.4 Å². The Morgan fingerprint density at radius 2 is 1.92 bits per heavy atom. The zero-order valence-electron chi connectivity index (χ0n) is 14.4. The number of nitrogens with zero attached hydrogens (tertiary/aromatic N) is 6. The van der Waals surface area contributed by atoms with E-state index in [9.17, 15) is 0 Å². The molecule has 4 aromatic rings. The van der Waals surface area contributed by atoms with E-state index in [-0.39, 0.29) is 0 Å². The zero-order chi connectivity index (χ0) is 17.8. The highest BCUT2D eigenvalue weighted by molar-refractivity contribution is 5.61. The van der Waals surface area contributed by atoms with Crippen molar-refractivity contribution in [2.45, 2.75) is 13.1 Å². The highest BCUT2D eigenvalue weighted by atomic mass is 15.3. The van der Waals surface area contributed by atoms with Crippen molar-refractivity contribution in [3.63, 3.8) is 0 Å². The van der Waals surface area contributed by atoms with Gasteiger partial charge in [-0.2, -0.15) is 10.2 Å². The van der Waals surface area contributed by atoms with Crippen LogP contribution in [0.3, 0.4) is 0 Å². The van der Waals surface area contributed by atoms with Crippen molar-refractivity contribution in [1.82, 2.24) is 34.8 Å². The summed E-state index contributed by atoms with van der Waals surface area (Å²) >= 11 is 0. The summed E-state index contributed by atoms with van der Waals surface area (Å²) in [7, 11) is 1.94. The first-order valence-corrected chi connectivity index (χ1v) is 8.38. The standard InChI is InChI=1S/C19H19N7/c1-25-14-17(19(24-25)16-4-7-20-8-5-16)13-21-12-15-3-9-22-18(11-15)26-10-2-6-23-26/h2-11,14,21H,12-13H2,1H3. The third-order valence-corrected chi connectivity index (χ3v) is 4.05. The summed E-state index contributed by atoms with van der Waals surface area (Å²) in [4.78, 5) is 8.43. The summed E-state index contributed by atoms with van der Waals surface area (Å²) in [6.45, 7) is 1.46. The van der Waals surface area contributed by atoms with Gasteiger partial charge in [0.1, 0.15) is 0 Å². The van der Waals surface area contributed by atoms with Gasteiger partial charge in [0.15, 0.2) is 5.82 Å². The molecule has 26 heavy (non-hydrogen) atoms. The first-order valence-electron chi connectivity index (χ1n) is 8.38. The lowest BCUT2D eigenvalue weighted by Gasteiger charge is -2.07. The lowest BCUT2D eigenvalue weighted by atomic mass is 10.1. The normalized spacial score (nSPS) is 11.0. The summed E-state index contributed by atoms with van der Waals surface area (Å²) in [5.74, 6) is 0.813. The van der Waals surface area contributed by atoms with E-state index in [4.69, 9.17) is 0 Å². The molecule has 4 heterocycles. The van der Waals surface area contributed by atoms with Gasteiger partial charge in [-0.15, -0.1) is 0 Å². The van der Waals surface area contributed by atoms with Gasteiger partial charge >= 0.3 is 0 Å². The highest BCUT2D eigenvalue weighted by Gasteiger charge is 2.10. The van der Waals surface area contributed by atoms with Crippen LogP contribution in [0.1, 0.15) is 11.1 Å². The van der Waals surface area contributed by atoms with Crippen molar-refractivity contribution in [1.29, 1.82) is 0 Å². The second-order valence-corrected chi connectivity index (χ2v) is 5.99. The molecule has 0 amide bonds. The summed E-state index contributed by atoms with van der Waals surface area (Å²) in [5, 5.41) is 12.3. The minimum absolute atomic E-state index is 0.727. The van der Waals surface area contributed by atoms with Gasteiger partial charge in [0.2, 0.25) is 0 Å². The number of rotatable bonds is 6. The molecule has 0 aliphatic rings. The average Bonchev–Trinajstić information content (AvgIpc) is 3.33. The van der Waals surface area contributed by atoms with Crippen LogP contribution in [0.5, 0.6) is 0 Å². The van der Waals surface area contributed by atoms with Crippen LogP contribution in [0.25, 0.3) is 17.1 Å². The lowest BCUT2D eigenvalue weighted by Crippen LogP contribution is -2.13. The predicted molar refractivity (Wildman–Crippen MR) is 98.3 cm³/mol. The second kappa shape index (κ2) is 7.28. The molecule has 0 radical (unpaired) electrons. The minimum atomic E-state index is 0.727. The van der Waals surface area contributed by atoms with E-state index in [1.165, 1.54) is 0 Å². The smallest absolute Gasteiger partial charge is 0.153 e. The molecule has 0 unspecified atom stereocenters. The third kappa shape index (κ3) is 3.52. The van der Waals surface area contributed by atoms with E-state index >= 15 is 0 Å². The molecule has 4 rings (SSSR count). The van der Waals surface area contributed by atoms with E-state index in [2.05, 4.69) is 25.5 Å². The van der Waals surface area contributed by atoms with E-state index in [0.29, 0.717) is 0 Å². The molecular weight excluding hydrogens is 326 g/mol. The first-order chi connectivity index (χ1) is 12.8. The van der Waals surface area contributed by atoms with Gasteiger partial charge in [-0.1, -0.05) is 0 Å². The summed E-state index contributed by atoms with van der Waals surface area (Å²) in [6.07, 6.45) is 11.1. The number of nitrogens with one attached hydrogen (secondary N) is 1. The minimum Gasteiger partial charge on any atom is -0.308 e. The van der Waals surface area contributed by atoms with Crippen LogP contribution in [-0.4, -0.2) is 29.5 Å². The van der Waals surface area contributed by atoms with E-state index in [1.54, 1.807) is 29.5 Å². The molecule has 1 N–H and O–H groups in total. The average molecular weight is 345 g/mol. The van der Waals surface area contributed by atoms with E-state index in [0.717, 1.165) is 41.3 Å². The first kappa shape index (κ1) is 16.2. The Hall–Kier alpha value is -3.32. The van der Waals surface area contributed by atoms with Crippen molar-refractivity contribution in [2.75, 3.05) is 0 Å². The molecule has 0 saturated carbocycles. The zero-order valence-corrected chi connectivity index (χ0v) is 14.4. The van der Waals surface area contributed by atoms with Crippen LogP contribution in [0.2, 0.25) is 0 Å².